The molecule has 0 spiro atoms. The molecule has 20 heavy (non-hydrogen) atoms. The van der Waals surface area contributed by atoms with E-state index in [1.54, 1.807) is 12.1 Å². The molecular formula is C14H20F3N3. The van der Waals surface area contributed by atoms with E-state index < -0.39 is 11.7 Å². The van der Waals surface area contributed by atoms with Gasteiger partial charge in [0.2, 0.25) is 0 Å². The monoisotopic (exact) mass is 287 g/mol. The summed E-state index contributed by atoms with van der Waals surface area (Å²) < 4.78 is 38.5. The predicted molar refractivity (Wildman–Crippen MR) is 73.7 cm³/mol. The van der Waals surface area contributed by atoms with Crippen molar-refractivity contribution < 1.29 is 13.2 Å². The molecule has 0 atom stereocenters. The molecule has 6 heteroatoms. The second-order valence-corrected chi connectivity index (χ2v) is 4.96. The van der Waals surface area contributed by atoms with Gasteiger partial charge in [-0.15, -0.1) is 0 Å². The highest BCUT2D eigenvalue weighted by molar-refractivity contribution is 5.52. The first-order valence-electron chi connectivity index (χ1n) is 6.83. The van der Waals surface area contributed by atoms with Crippen LogP contribution >= 0.6 is 0 Å². The molecule has 1 aliphatic heterocycles. The number of halogens is 3. The smallest absolute Gasteiger partial charge is 0.369 e. The van der Waals surface area contributed by atoms with Crippen LogP contribution in [0.5, 0.6) is 0 Å². The maximum atomic E-state index is 12.8. The van der Waals surface area contributed by atoms with E-state index in [1.807, 2.05) is 0 Å². The van der Waals surface area contributed by atoms with Gasteiger partial charge >= 0.3 is 6.18 Å². The first-order chi connectivity index (χ1) is 9.45. The molecule has 0 unspecified atom stereocenters. The van der Waals surface area contributed by atoms with Crippen molar-refractivity contribution in [1.29, 1.82) is 0 Å². The quantitative estimate of drug-likeness (QED) is 0.926. The largest absolute Gasteiger partial charge is 0.416 e. The van der Waals surface area contributed by atoms with Gasteiger partial charge in [-0.1, -0.05) is 6.92 Å². The summed E-state index contributed by atoms with van der Waals surface area (Å²) in [6.45, 7) is 6.57. The summed E-state index contributed by atoms with van der Waals surface area (Å²) in [5.41, 5.74) is 5.82. The van der Waals surface area contributed by atoms with Gasteiger partial charge in [-0.05, 0) is 30.3 Å². The summed E-state index contributed by atoms with van der Waals surface area (Å²) in [6.07, 6.45) is -4.34. The van der Waals surface area contributed by atoms with E-state index in [1.165, 1.54) is 0 Å². The number of nitrogens with two attached hydrogens (primary N) is 1. The van der Waals surface area contributed by atoms with Gasteiger partial charge < -0.3 is 15.5 Å². The van der Waals surface area contributed by atoms with Gasteiger partial charge in [-0.2, -0.15) is 13.2 Å². The highest BCUT2D eigenvalue weighted by atomic mass is 19.4. The zero-order chi connectivity index (χ0) is 14.8. The van der Waals surface area contributed by atoms with Crippen molar-refractivity contribution in [1.82, 2.24) is 4.90 Å². The topological polar surface area (TPSA) is 32.5 Å². The standard InChI is InChI=1S/C14H20F3N3/c1-2-19-5-7-20(8-6-19)12-3-4-13(14(15,16)17)11(9-12)10-18/h3-4,9H,2,5-8,10,18H2,1H3. The molecule has 1 saturated heterocycles. The Hall–Kier alpha value is -1.27. The third-order valence-corrected chi connectivity index (χ3v) is 3.80. The van der Waals surface area contributed by atoms with E-state index in [4.69, 9.17) is 5.73 Å². The third-order valence-electron chi connectivity index (χ3n) is 3.80. The number of hydrogen-bond acceptors (Lipinski definition) is 3. The predicted octanol–water partition coefficient (Wildman–Crippen LogP) is 2.31. The lowest BCUT2D eigenvalue weighted by Gasteiger charge is -2.35. The van der Waals surface area contributed by atoms with E-state index in [0.717, 1.165) is 44.5 Å². The minimum absolute atomic E-state index is 0.0996. The summed E-state index contributed by atoms with van der Waals surface area (Å²) in [5.74, 6) is 0. The van der Waals surface area contributed by atoms with E-state index in [-0.39, 0.29) is 12.1 Å². The summed E-state index contributed by atoms with van der Waals surface area (Å²) >= 11 is 0. The second-order valence-electron chi connectivity index (χ2n) is 4.96. The summed E-state index contributed by atoms with van der Waals surface area (Å²) in [7, 11) is 0. The van der Waals surface area contributed by atoms with Crippen molar-refractivity contribution in [3.63, 3.8) is 0 Å². The SMILES string of the molecule is CCN1CCN(c2ccc(C(F)(F)F)c(CN)c2)CC1. The molecule has 1 aromatic carbocycles. The minimum Gasteiger partial charge on any atom is -0.369 e. The molecule has 1 fully saturated rings. The van der Waals surface area contributed by atoms with Gasteiger partial charge in [0.1, 0.15) is 0 Å². The van der Waals surface area contributed by atoms with E-state index >= 15 is 0 Å². The summed E-state index contributed by atoms with van der Waals surface area (Å²) in [5, 5.41) is 0. The molecule has 3 nitrogen and oxygen atoms in total. The molecule has 0 bridgehead atoms. The van der Waals surface area contributed by atoms with Crippen molar-refractivity contribution in [3.05, 3.63) is 29.3 Å². The molecular weight excluding hydrogens is 267 g/mol. The molecule has 0 amide bonds. The molecule has 1 aliphatic rings. The lowest BCUT2D eigenvalue weighted by atomic mass is 10.1. The Kier molecular flexibility index (Phi) is 4.55. The van der Waals surface area contributed by atoms with Crippen LogP contribution in [0.25, 0.3) is 0 Å². The molecule has 0 saturated carbocycles. The zero-order valence-electron chi connectivity index (χ0n) is 11.6. The van der Waals surface area contributed by atoms with Crippen LogP contribution in [0.15, 0.2) is 18.2 Å². The fourth-order valence-electron chi connectivity index (χ4n) is 2.54. The van der Waals surface area contributed by atoms with Crippen LogP contribution in [0.1, 0.15) is 18.1 Å². The van der Waals surface area contributed by atoms with E-state index in [9.17, 15) is 13.2 Å². The Balaban J connectivity index is 2.18. The second kappa shape index (κ2) is 6.01. The van der Waals surface area contributed by atoms with E-state index in [2.05, 4.69) is 16.7 Å². The zero-order valence-corrected chi connectivity index (χ0v) is 11.6. The number of nitrogens with zero attached hydrogens (tertiary/aromatic N) is 2. The first kappa shape index (κ1) is 15.1. The molecule has 1 heterocycles. The van der Waals surface area contributed by atoms with Gasteiger partial charge in [0.15, 0.2) is 0 Å². The van der Waals surface area contributed by atoms with Crippen LogP contribution in [-0.4, -0.2) is 37.6 Å². The van der Waals surface area contributed by atoms with Crippen LogP contribution in [0.3, 0.4) is 0 Å². The molecule has 0 aliphatic carbocycles. The fourth-order valence-corrected chi connectivity index (χ4v) is 2.54. The van der Waals surface area contributed by atoms with Crippen LogP contribution in [0.4, 0.5) is 18.9 Å². The molecule has 0 radical (unpaired) electrons. The highest BCUT2D eigenvalue weighted by Crippen LogP contribution is 2.34. The van der Waals surface area contributed by atoms with Gasteiger partial charge in [0, 0.05) is 38.4 Å². The van der Waals surface area contributed by atoms with Crippen LogP contribution < -0.4 is 10.6 Å². The number of alkyl halides is 3. The molecule has 2 rings (SSSR count). The Morgan fingerprint density at radius 1 is 1.15 bits per heavy atom. The van der Waals surface area contributed by atoms with Gasteiger partial charge in [0.05, 0.1) is 5.56 Å². The number of piperazine rings is 1. The molecule has 0 aromatic heterocycles. The van der Waals surface area contributed by atoms with Crippen LogP contribution in [0.2, 0.25) is 0 Å². The van der Waals surface area contributed by atoms with E-state index in [0.29, 0.717) is 0 Å². The lowest BCUT2D eigenvalue weighted by Crippen LogP contribution is -2.46. The maximum Gasteiger partial charge on any atom is 0.416 e. The first-order valence-corrected chi connectivity index (χ1v) is 6.83. The Labute approximate surface area is 117 Å². The number of likely N-dealkylation sites (N-methyl/N-ethyl adjacent to an activating group) is 1. The van der Waals surface area contributed by atoms with Crippen molar-refractivity contribution >= 4 is 5.69 Å². The molecule has 1 aromatic rings. The van der Waals surface area contributed by atoms with Crippen LogP contribution in [0, 0.1) is 0 Å². The van der Waals surface area contributed by atoms with Gasteiger partial charge in [0.25, 0.3) is 0 Å². The fraction of sp³-hybridized carbons (Fsp3) is 0.571. The van der Waals surface area contributed by atoms with Crippen LogP contribution in [-0.2, 0) is 12.7 Å². The Bertz CT molecular complexity index is 451. The normalized spacial score (nSPS) is 17.6. The Morgan fingerprint density at radius 2 is 1.80 bits per heavy atom. The number of benzene rings is 1. The number of rotatable bonds is 3. The summed E-state index contributed by atoms with van der Waals surface area (Å²) in [6, 6.07) is 4.26. The van der Waals surface area contributed by atoms with Crippen molar-refractivity contribution in [2.24, 2.45) is 5.73 Å². The molecule has 2 N–H and O–H groups in total. The number of anilines is 1. The Morgan fingerprint density at radius 3 is 2.30 bits per heavy atom. The van der Waals surface area contributed by atoms with Crippen molar-refractivity contribution in [2.45, 2.75) is 19.6 Å². The van der Waals surface area contributed by atoms with Crippen molar-refractivity contribution in [2.75, 3.05) is 37.6 Å². The summed E-state index contributed by atoms with van der Waals surface area (Å²) in [4.78, 5) is 4.44. The third kappa shape index (κ3) is 3.24. The minimum atomic E-state index is -4.34. The van der Waals surface area contributed by atoms with Crippen molar-refractivity contribution in [3.8, 4) is 0 Å². The average Bonchev–Trinajstić information content (AvgIpc) is 2.45. The maximum absolute atomic E-state index is 12.8. The highest BCUT2D eigenvalue weighted by Gasteiger charge is 2.33. The number of hydrogen-bond donors (Lipinski definition) is 1. The molecule has 112 valence electrons. The lowest BCUT2D eigenvalue weighted by molar-refractivity contribution is -0.138. The van der Waals surface area contributed by atoms with Gasteiger partial charge in [-0.3, -0.25) is 0 Å². The van der Waals surface area contributed by atoms with Gasteiger partial charge in [-0.25, -0.2) is 0 Å². The average molecular weight is 287 g/mol.